The predicted octanol–water partition coefficient (Wildman–Crippen LogP) is 3.07. The van der Waals surface area contributed by atoms with Gasteiger partial charge in [-0.2, -0.15) is 0 Å². The molecule has 1 saturated heterocycles. The van der Waals surface area contributed by atoms with Gasteiger partial charge in [-0.3, -0.25) is 9.78 Å². The summed E-state index contributed by atoms with van der Waals surface area (Å²) >= 11 is 0. The molecule has 0 saturated carbocycles. The zero-order valence-electron chi connectivity index (χ0n) is 17.1. The van der Waals surface area contributed by atoms with Crippen molar-refractivity contribution in [3.05, 3.63) is 65.1 Å². The van der Waals surface area contributed by atoms with Gasteiger partial charge in [-0.25, -0.2) is 9.18 Å². The second kappa shape index (κ2) is 8.08. The zero-order chi connectivity index (χ0) is 22.2. The Morgan fingerprint density at radius 1 is 1.19 bits per heavy atom. The van der Waals surface area contributed by atoms with Crippen LogP contribution in [0.25, 0.3) is 10.9 Å². The second-order valence-electron chi connectivity index (χ2n) is 7.69. The number of phenols is 1. The van der Waals surface area contributed by atoms with Gasteiger partial charge in [0, 0.05) is 36.8 Å². The van der Waals surface area contributed by atoms with E-state index in [0.29, 0.717) is 37.3 Å². The summed E-state index contributed by atoms with van der Waals surface area (Å²) in [4.78, 5) is 33.2. The highest BCUT2D eigenvalue weighted by atomic mass is 19.1. The van der Waals surface area contributed by atoms with Crippen LogP contribution in [0, 0.1) is 5.82 Å². The number of rotatable bonds is 3. The first-order chi connectivity index (χ1) is 15.5. The van der Waals surface area contributed by atoms with E-state index in [4.69, 9.17) is 9.47 Å². The van der Waals surface area contributed by atoms with Gasteiger partial charge in [0.05, 0.1) is 25.3 Å². The van der Waals surface area contributed by atoms with Crippen molar-refractivity contribution in [2.45, 2.75) is 13.1 Å². The first-order valence-electron chi connectivity index (χ1n) is 10.2. The first kappa shape index (κ1) is 20.2. The third-order valence-electron chi connectivity index (χ3n) is 5.68. The summed E-state index contributed by atoms with van der Waals surface area (Å²) in [7, 11) is 0. The molecule has 0 spiro atoms. The Bertz CT molecular complexity index is 1210. The van der Waals surface area contributed by atoms with Crippen molar-refractivity contribution in [2.24, 2.45) is 0 Å². The number of morpholine rings is 1. The van der Waals surface area contributed by atoms with E-state index >= 15 is 0 Å². The third-order valence-corrected chi connectivity index (χ3v) is 5.68. The highest BCUT2D eigenvalue weighted by Gasteiger charge is 2.36. The molecule has 2 aliphatic rings. The summed E-state index contributed by atoms with van der Waals surface area (Å²) in [5, 5.41) is 11.3. The Hall–Kier alpha value is -3.72. The largest absolute Gasteiger partial charge is 0.505 e. The Morgan fingerprint density at radius 3 is 2.69 bits per heavy atom. The van der Waals surface area contributed by atoms with Gasteiger partial charge < -0.3 is 24.4 Å². The number of aromatic hydroxyl groups is 1. The van der Waals surface area contributed by atoms with E-state index in [2.05, 4.69) is 4.98 Å². The van der Waals surface area contributed by atoms with Gasteiger partial charge in [-0.15, -0.1) is 0 Å². The molecule has 9 heteroatoms. The average molecular weight is 437 g/mol. The van der Waals surface area contributed by atoms with Crippen LogP contribution < -0.4 is 4.74 Å². The molecule has 1 aromatic heterocycles. The number of benzene rings is 2. The molecule has 0 unspecified atom stereocenters. The van der Waals surface area contributed by atoms with Crippen LogP contribution in [0.5, 0.6) is 11.5 Å². The van der Waals surface area contributed by atoms with Crippen LogP contribution in [0.2, 0.25) is 0 Å². The smallest absolute Gasteiger partial charge is 0.415 e. The van der Waals surface area contributed by atoms with E-state index in [9.17, 15) is 19.1 Å². The van der Waals surface area contributed by atoms with Gasteiger partial charge >= 0.3 is 6.09 Å². The molecular weight excluding hydrogens is 417 g/mol. The minimum atomic E-state index is -0.546. The Balaban J connectivity index is 1.53. The van der Waals surface area contributed by atoms with Crippen LogP contribution >= 0.6 is 0 Å². The minimum Gasteiger partial charge on any atom is -0.505 e. The first-order valence-corrected chi connectivity index (χ1v) is 10.2. The van der Waals surface area contributed by atoms with Crippen molar-refractivity contribution in [2.75, 3.05) is 26.3 Å². The SMILES string of the molecule is O=C(Oc1c2c(c(O)c3ncccc13)C(=O)N(Cc1ccc(F)cc1)C2)N1CCOCC1. The molecule has 32 heavy (non-hydrogen) atoms. The van der Waals surface area contributed by atoms with Crippen LogP contribution in [0.1, 0.15) is 21.5 Å². The zero-order valence-corrected chi connectivity index (χ0v) is 17.1. The topological polar surface area (TPSA) is 92.2 Å². The Labute approximate surface area is 182 Å². The van der Waals surface area contributed by atoms with E-state index in [1.54, 1.807) is 24.3 Å². The maximum absolute atomic E-state index is 13.3. The highest BCUT2D eigenvalue weighted by molar-refractivity contribution is 6.09. The number of aromatic nitrogens is 1. The number of ether oxygens (including phenoxy) is 2. The number of phenolic OH excluding ortho intramolecular Hbond substituents is 1. The van der Waals surface area contributed by atoms with Crippen LogP contribution in [-0.2, 0) is 17.8 Å². The average Bonchev–Trinajstić information content (AvgIpc) is 3.14. The van der Waals surface area contributed by atoms with E-state index in [0.717, 1.165) is 5.56 Å². The van der Waals surface area contributed by atoms with Gasteiger partial charge in [0.1, 0.15) is 17.1 Å². The van der Waals surface area contributed by atoms with Crippen LogP contribution in [0.4, 0.5) is 9.18 Å². The van der Waals surface area contributed by atoms with E-state index < -0.39 is 12.0 Å². The van der Waals surface area contributed by atoms with Gasteiger partial charge in [0.2, 0.25) is 0 Å². The quantitative estimate of drug-likeness (QED) is 0.677. The number of carbonyl (C=O) groups is 2. The van der Waals surface area contributed by atoms with Gasteiger partial charge in [-0.1, -0.05) is 12.1 Å². The van der Waals surface area contributed by atoms with E-state index in [1.165, 1.54) is 28.1 Å². The van der Waals surface area contributed by atoms with Crippen LogP contribution in [0.15, 0.2) is 42.6 Å². The number of carbonyl (C=O) groups excluding carboxylic acids is 2. The summed E-state index contributed by atoms with van der Waals surface area (Å²) in [6.07, 6.45) is 0.952. The lowest BCUT2D eigenvalue weighted by atomic mass is 10.0. The Morgan fingerprint density at radius 2 is 1.94 bits per heavy atom. The molecule has 1 fully saturated rings. The van der Waals surface area contributed by atoms with Crippen molar-refractivity contribution in [1.82, 2.24) is 14.8 Å². The lowest BCUT2D eigenvalue weighted by molar-refractivity contribution is 0.0416. The van der Waals surface area contributed by atoms with Crippen molar-refractivity contribution in [3.63, 3.8) is 0 Å². The van der Waals surface area contributed by atoms with Crippen LogP contribution in [-0.4, -0.2) is 58.2 Å². The molecule has 3 heterocycles. The molecule has 3 aromatic rings. The van der Waals surface area contributed by atoms with Gasteiger partial charge in [0.25, 0.3) is 5.91 Å². The monoisotopic (exact) mass is 437 g/mol. The molecule has 1 N–H and O–H groups in total. The normalized spacial score (nSPS) is 15.8. The molecule has 0 radical (unpaired) electrons. The number of pyridine rings is 1. The predicted molar refractivity (Wildman–Crippen MR) is 112 cm³/mol. The summed E-state index contributed by atoms with van der Waals surface area (Å²) in [6, 6.07) is 9.22. The molecule has 2 amide bonds. The van der Waals surface area contributed by atoms with Crippen LogP contribution in [0.3, 0.4) is 0 Å². The van der Waals surface area contributed by atoms with Crippen molar-refractivity contribution in [3.8, 4) is 11.5 Å². The van der Waals surface area contributed by atoms with E-state index in [1.807, 2.05) is 0 Å². The van der Waals surface area contributed by atoms with Gasteiger partial charge in [-0.05, 0) is 29.8 Å². The van der Waals surface area contributed by atoms with Crippen molar-refractivity contribution in [1.29, 1.82) is 0 Å². The second-order valence-corrected chi connectivity index (χ2v) is 7.69. The number of fused-ring (bicyclic) bond motifs is 2. The fraction of sp³-hybridized carbons (Fsp3) is 0.261. The Kier molecular flexibility index (Phi) is 5.10. The standard InChI is InChI=1S/C23H20FN3O5/c24-15-5-3-14(4-6-15)12-27-13-17-18(22(27)29)20(28)19-16(2-1-7-25-19)21(17)32-23(30)26-8-10-31-11-9-26/h1-7,28H,8-13H2. The highest BCUT2D eigenvalue weighted by Crippen LogP contribution is 2.44. The molecule has 0 atom stereocenters. The molecule has 0 bridgehead atoms. The number of amides is 2. The van der Waals surface area contributed by atoms with Gasteiger partial charge in [0.15, 0.2) is 5.75 Å². The summed E-state index contributed by atoms with van der Waals surface area (Å²) in [5.74, 6) is -0.796. The minimum absolute atomic E-state index is 0.0723. The molecule has 5 rings (SSSR count). The number of halogens is 1. The number of nitrogens with zero attached hydrogens (tertiary/aromatic N) is 3. The fourth-order valence-electron chi connectivity index (χ4n) is 4.07. The number of hydrogen-bond donors (Lipinski definition) is 1. The number of hydrogen-bond acceptors (Lipinski definition) is 6. The van der Waals surface area contributed by atoms with E-state index in [-0.39, 0.29) is 41.5 Å². The summed E-state index contributed by atoms with van der Waals surface area (Å²) in [6.45, 7) is 2.02. The molecule has 2 aromatic carbocycles. The molecule has 2 aliphatic heterocycles. The molecule has 8 nitrogen and oxygen atoms in total. The van der Waals surface area contributed by atoms with Crippen molar-refractivity contribution >= 4 is 22.9 Å². The lowest BCUT2D eigenvalue weighted by Gasteiger charge is -2.26. The lowest BCUT2D eigenvalue weighted by Crippen LogP contribution is -2.42. The maximum atomic E-state index is 13.3. The molecule has 0 aliphatic carbocycles. The molecule has 164 valence electrons. The third kappa shape index (κ3) is 3.50. The van der Waals surface area contributed by atoms with Crippen molar-refractivity contribution < 1.29 is 28.6 Å². The maximum Gasteiger partial charge on any atom is 0.415 e. The molecular formula is C23H20FN3O5. The summed E-state index contributed by atoms with van der Waals surface area (Å²) < 4.78 is 24.3. The fourth-order valence-corrected chi connectivity index (χ4v) is 4.07. The summed E-state index contributed by atoms with van der Waals surface area (Å²) in [5.41, 5.74) is 1.43.